The van der Waals surface area contributed by atoms with Gasteiger partial charge in [-0.05, 0) is 23.1 Å². The fourth-order valence-corrected chi connectivity index (χ4v) is 1.29. The van der Waals surface area contributed by atoms with Crippen LogP contribution in [-0.4, -0.2) is 9.97 Å². The van der Waals surface area contributed by atoms with Crippen molar-refractivity contribution in [3.63, 3.8) is 0 Å². The van der Waals surface area contributed by atoms with E-state index in [2.05, 4.69) is 16.5 Å². The quantitative estimate of drug-likeness (QED) is 0.560. The molecule has 0 radical (unpaired) electrons. The van der Waals surface area contributed by atoms with E-state index in [0.29, 0.717) is 11.1 Å². The highest BCUT2D eigenvalue weighted by Gasteiger charge is 2.09. The predicted octanol–water partition coefficient (Wildman–Crippen LogP) is 3.45. The van der Waals surface area contributed by atoms with Crippen LogP contribution >= 0.6 is 23.2 Å². The molecule has 0 unspecified atom stereocenters. The van der Waals surface area contributed by atoms with Gasteiger partial charge in [-0.15, -0.1) is 0 Å². The summed E-state index contributed by atoms with van der Waals surface area (Å²) in [7, 11) is 0. The van der Waals surface area contributed by atoms with E-state index in [1.54, 1.807) is 6.20 Å². The summed E-state index contributed by atoms with van der Waals surface area (Å²) in [4.78, 5) is 7.69. The van der Waals surface area contributed by atoms with E-state index in [4.69, 9.17) is 23.2 Å². The molecule has 0 N–H and O–H groups in total. The molecule has 0 atom stereocenters. The Hall–Kier alpha value is -0.600. The van der Waals surface area contributed by atoms with Crippen LogP contribution in [0.2, 0.25) is 10.4 Å². The lowest BCUT2D eigenvalue weighted by molar-refractivity contribution is 0.855. The maximum Gasteiger partial charge on any atom is 0.223 e. The molecule has 13 heavy (non-hydrogen) atoms. The Bertz CT molecular complexity index is 334. The van der Waals surface area contributed by atoms with Gasteiger partial charge in [0.1, 0.15) is 5.15 Å². The predicted molar refractivity (Wildman–Crippen MR) is 55.9 cm³/mol. The van der Waals surface area contributed by atoms with Crippen molar-refractivity contribution in [2.75, 3.05) is 0 Å². The van der Waals surface area contributed by atoms with E-state index in [9.17, 15) is 0 Å². The standard InChI is InChI=1S/C9H10Cl2N2/c1-5(2)6(3)7-4-12-9(11)13-8(7)10/h4-5H,3H2,1-2H3. The summed E-state index contributed by atoms with van der Waals surface area (Å²) in [5.41, 5.74) is 1.68. The Morgan fingerprint density at radius 3 is 2.54 bits per heavy atom. The summed E-state index contributed by atoms with van der Waals surface area (Å²) in [6.45, 7) is 7.98. The summed E-state index contributed by atoms with van der Waals surface area (Å²) < 4.78 is 0. The third-order valence-electron chi connectivity index (χ3n) is 1.76. The summed E-state index contributed by atoms with van der Waals surface area (Å²) in [5.74, 6) is 0.322. The van der Waals surface area contributed by atoms with E-state index in [0.717, 1.165) is 11.1 Å². The van der Waals surface area contributed by atoms with Gasteiger partial charge in [-0.1, -0.05) is 32.0 Å². The number of allylic oxidation sites excluding steroid dienone is 1. The van der Waals surface area contributed by atoms with Gasteiger partial charge in [0.05, 0.1) is 0 Å². The minimum Gasteiger partial charge on any atom is -0.226 e. The van der Waals surface area contributed by atoms with Crippen molar-refractivity contribution >= 4 is 28.8 Å². The van der Waals surface area contributed by atoms with Crippen molar-refractivity contribution in [1.29, 1.82) is 0 Å². The molecular weight excluding hydrogens is 207 g/mol. The molecule has 0 saturated carbocycles. The molecule has 1 heterocycles. The van der Waals surface area contributed by atoms with Crippen molar-refractivity contribution in [3.05, 3.63) is 28.8 Å². The molecule has 0 fully saturated rings. The van der Waals surface area contributed by atoms with Gasteiger partial charge in [0.25, 0.3) is 0 Å². The Labute approximate surface area is 87.6 Å². The highest BCUT2D eigenvalue weighted by atomic mass is 35.5. The van der Waals surface area contributed by atoms with E-state index >= 15 is 0 Å². The normalized spacial score (nSPS) is 10.5. The molecule has 70 valence electrons. The first-order valence-corrected chi connectivity index (χ1v) is 4.65. The van der Waals surface area contributed by atoms with E-state index in [1.165, 1.54) is 0 Å². The van der Waals surface area contributed by atoms with Gasteiger partial charge in [0.2, 0.25) is 5.28 Å². The minimum atomic E-state index is 0.158. The van der Waals surface area contributed by atoms with Crippen LogP contribution < -0.4 is 0 Å². The summed E-state index contributed by atoms with van der Waals surface area (Å²) in [6.07, 6.45) is 1.60. The highest BCUT2D eigenvalue weighted by molar-refractivity contribution is 6.32. The van der Waals surface area contributed by atoms with Crippen LogP contribution in [0.1, 0.15) is 19.4 Å². The molecule has 1 rings (SSSR count). The molecule has 0 bridgehead atoms. The molecule has 0 aliphatic rings. The van der Waals surface area contributed by atoms with Gasteiger partial charge in [-0.25, -0.2) is 9.97 Å². The lowest BCUT2D eigenvalue weighted by Crippen LogP contribution is -1.96. The molecule has 0 aromatic carbocycles. The molecule has 4 heteroatoms. The number of aromatic nitrogens is 2. The Balaban J connectivity index is 3.09. The van der Waals surface area contributed by atoms with E-state index < -0.39 is 0 Å². The Morgan fingerprint density at radius 1 is 1.46 bits per heavy atom. The largest absolute Gasteiger partial charge is 0.226 e. The lowest BCUT2D eigenvalue weighted by Gasteiger charge is -2.09. The van der Waals surface area contributed by atoms with Gasteiger partial charge in [0.15, 0.2) is 0 Å². The average molecular weight is 217 g/mol. The van der Waals surface area contributed by atoms with Crippen LogP contribution in [0.4, 0.5) is 0 Å². The topological polar surface area (TPSA) is 25.8 Å². The zero-order valence-corrected chi connectivity index (χ0v) is 9.02. The smallest absolute Gasteiger partial charge is 0.223 e. The zero-order chi connectivity index (χ0) is 10.0. The molecule has 1 aromatic heterocycles. The Kier molecular flexibility index (Phi) is 3.28. The molecular formula is C9H10Cl2N2. The van der Waals surface area contributed by atoms with Gasteiger partial charge in [0, 0.05) is 11.8 Å². The van der Waals surface area contributed by atoms with Gasteiger partial charge < -0.3 is 0 Å². The molecule has 0 aliphatic carbocycles. The van der Waals surface area contributed by atoms with Crippen LogP contribution in [0.25, 0.3) is 5.57 Å². The van der Waals surface area contributed by atoms with E-state index in [-0.39, 0.29) is 5.28 Å². The van der Waals surface area contributed by atoms with Crippen LogP contribution in [0.5, 0.6) is 0 Å². The van der Waals surface area contributed by atoms with Crippen molar-refractivity contribution in [3.8, 4) is 0 Å². The monoisotopic (exact) mass is 216 g/mol. The molecule has 2 nitrogen and oxygen atoms in total. The Morgan fingerprint density at radius 2 is 2.08 bits per heavy atom. The molecule has 0 saturated heterocycles. The summed E-state index contributed by atoms with van der Waals surface area (Å²) in [5, 5.41) is 0.518. The lowest BCUT2D eigenvalue weighted by atomic mass is 10.00. The number of hydrogen-bond donors (Lipinski definition) is 0. The van der Waals surface area contributed by atoms with Crippen molar-refractivity contribution in [1.82, 2.24) is 9.97 Å². The summed E-state index contributed by atoms with van der Waals surface area (Å²) in [6, 6.07) is 0. The summed E-state index contributed by atoms with van der Waals surface area (Å²) >= 11 is 11.4. The SMILES string of the molecule is C=C(c1cnc(Cl)nc1Cl)C(C)C. The van der Waals surface area contributed by atoms with E-state index in [1.807, 2.05) is 13.8 Å². The van der Waals surface area contributed by atoms with Crippen molar-refractivity contribution < 1.29 is 0 Å². The third-order valence-corrected chi connectivity index (χ3v) is 2.23. The number of hydrogen-bond acceptors (Lipinski definition) is 2. The molecule has 0 spiro atoms. The average Bonchev–Trinajstić information content (AvgIpc) is 2.03. The minimum absolute atomic E-state index is 0.158. The number of nitrogens with zero attached hydrogens (tertiary/aromatic N) is 2. The maximum absolute atomic E-state index is 5.87. The zero-order valence-electron chi connectivity index (χ0n) is 7.51. The van der Waals surface area contributed by atoms with Gasteiger partial charge in [-0.3, -0.25) is 0 Å². The first-order chi connectivity index (χ1) is 6.02. The van der Waals surface area contributed by atoms with Gasteiger partial charge in [-0.2, -0.15) is 0 Å². The number of rotatable bonds is 2. The fourth-order valence-electron chi connectivity index (χ4n) is 0.868. The van der Waals surface area contributed by atoms with Crippen LogP contribution in [0.3, 0.4) is 0 Å². The second kappa shape index (κ2) is 4.07. The third kappa shape index (κ3) is 2.42. The maximum atomic E-state index is 5.87. The highest BCUT2D eigenvalue weighted by Crippen LogP contribution is 2.26. The fraction of sp³-hybridized carbons (Fsp3) is 0.333. The molecule has 0 aliphatic heterocycles. The molecule has 1 aromatic rings. The second-order valence-electron chi connectivity index (χ2n) is 3.02. The molecule has 0 amide bonds. The number of halogens is 2. The first-order valence-electron chi connectivity index (χ1n) is 3.89. The van der Waals surface area contributed by atoms with Gasteiger partial charge >= 0.3 is 0 Å². The first kappa shape index (κ1) is 10.5. The van der Waals surface area contributed by atoms with Crippen LogP contribution in [0.15, 0.2) is 12.8 Å². The van der Waals surface area contributed by atoms with Crippen molar-refractivity contribution in [2.24, 2.45) is 5.92 Å². The van der Waals surface area contributed by atoms with Crippen LogP contribution in [0, 0.1) is 5.92 Å². The van der Waals surface area contributed by atoms with Crippen LogP contribution in [-0.2, 0) is 0 Å². The van der Waals surface area contributed by atoms with Crippen molar-refractivity contribution in [2.45, 2.75) is 13.8 Å². The second-order valence-corrected chi connectivity index (χ2v) is 3.72.